The summed E-state index contributed by atoms with van der Waals surface area (Å²) in [7, 11) is 0. The highest BCUT2D eigenvalue weighted by Crippen LogP contribution is 2.19. The van der Waals surface area contributed by atoms with Crippen LogP contribution in [0.5, 0.6) is 0 Å². The number of nitrogens with zero attached hydrogens (tertiary/aromatic N) is 4. The van der Waals surface area contributed by atoms with Crippen molar-refractivity contribution in [1.29, 1.82) is 0 Å². The number of aryl methyl sites for hydroxylation is 3. The standard InChI is InChI=1S/C11H14N4/c1-4-15-7-12-14-11(15)10-6-5-8(2)13-9(10)3/h5-7H,4H2,1-3H3. The van der Waals surface area contributed by atoms with Gasteiger partial charge < -0.3 is 4.57 Å². The molecule has 0 atom stereocenters. The van der Waals surface area contributed by atoms with E-state index < -0.39 is 0 Å². The van der Waals surface area contributed by atoms with Gasteiger partial charge in [0.1, 0.15) is 6.33 Å². The lowest BCUT2D eigenvalue weighted by atomic mass is 10.2. The van der Waals surface area contributed by atoms with Crippen LogP contribution in [0.15, 0.2) is 18.5 Å². The molecule has 15 heavy (non-hydrogen) atoms. The van der Waals surface area contributed by atoms with E-state index in [4.69, 9.17) is 0 Å². The van der Waals surface area contributed by atoms with Crippen LogP contribution in [0, 0.1) is 13.8 Å². The zero-order valence-electron chi connectivity index (χ0n) is 9.23. The van der Waals surface area contributed by atoms with Gasteiger partial charge >= 0.3 is 0 Å². The Morgan fingerprint density at radius 1 is 1.27 bits per heavy atom. The van der Waals surface area contributed by atoms with E-state index >= 15 is 0 Å². The minimum atomic E-state index is 0.871. The lowest BCUT2D eigenvalue weighted by molar-refractivity contribution is 0.765. The highest BCUT2D eigenvalue weighted by atomic mass is 15.3. The molecule has 78 valence electrons. The van der Waals surface area contributed by atoms with Gasteiger partial charge in [0.2, 0.25) is 0 Å². The van der Waals surface area contributed by atoms with Crippen LogP contribution in [0.1, 0.15) is 18.3 Å². The largest absolute Gasteiger partial charge is 0.314 e. The van der Waals surface area contributed by atoms with Crippen molar-refractivity contribution in [3.8, 4) is 11.4 Å². The highest BCUT2D eigenvalue weighted by Gasteiger charge is 2.09. The lowest BCUT2D eigenvalue weighted by Gasteiger charge is -2.06. The summed E-state index contributed by atoms with van der Waals surface area (Å²) in [6.45, 7) is 6.93. The highest BCUT2D eigenvalue weighted by molar-refractivity contribution is 5.57. The van der Waals surface area contributed by atoms with Crippen LogP contribution in [0.4, 0.5) is 0 Å². The maximum Gasteiger partial charge on any atom is 0.165 e. The molecular weight excluding hydrogens is 188 g/mol. The van der Waals surface area contributed by atoms with Gasteiger partial charge in [-0.2, -0.15) is 0 Å². The molecule has 0 N–H and O–H groups in total. The fraction of sp³-hybridized carbons (Fsp3) is 0.364. The fourth-order valence-corrected chi connectivity index (χ4v) is 1.62. The van der Waals surface area contributed by atoms with Crippen molar-refractivity contribution in [2.75, 3.05) is 0 Å². The second kappa shape index (κ2) is 3.81. The molecule has 0 aromatic carbocycles. The Labute approximate surface area is 89.0 Å². The molecule has 4 nitrogen and oxygen atoms in total. The molecule has 2 heterocycles. The summed E-state index contributed by atoms with van der Waals surface area (Å²) < 4.78 is 2.01. The Kier molecular flexibility index (Phi) is 2.49. The quantitative estimate of drug-likeness (QED) is 0.747. The predicted octanol–water partition coefficient (Wildman–Crippen LogP) is 1.98. The van der Waals surface area contributed by atoms with Crippen LogP contribution in [-0.2, 0) is 6.54 Å². The summed E-state index contributed by atoms with van der Waals surface area (Å²) in [5, 5.41) is 8.04. The lowest BCUT2D eigenvalue weighted by Crippen LogP contribution is -1.99. The first-order valence-corrected chi connectivity index (χ1v) is 5.04. The van der Waals surface area contributed by atoms with E-state index in [1.165, 1.54) is 0 Å². The molecule has 0 aliphatic carbocycles. The van der Waals surface area contributed by atoms with Crippen molar-refractivity contribution < 1.29 is 0 Å². The third-order valence-corrected chi connectivity index (χ3v) is 2.42. The monoisotopic (exact) mass is 202 g/mol. The second-order valence-corrected chi connectivity index (χ2v) is 3.53. The molecule has 0 bridgehead atoms. The van der Waals surface area contributed by atoms with Gasteiger partial charge in [-0.25, -0.2) is 0 Å². The molecule has 0 aliphatic heterocycles. The van der Waals surface area contributed by atoms with Crippen LogP contribution in [0.3, 0.4) is 0 Å². The van der Waals surface area contributed by atoms with Gasteiger partial charge in [-0.3, -0.25) is 4.98 Å². The van der Waals surface area contributed by atoms with Crippen molar-refractivity contribution in [2.24, 2.45) is 0 Å². The molecule has 0 saturated heterocycles. The molecule has 4 heteroatoms. The summed E-state index contributed by atoms with van der Waals surface area (Å²) in [4.78, 5) is 4.42. The van der Waals surface area contributed by atoms with Gasteiger partial charge in [-0.1, -0.05) is 0 Å². The SMILES string of the molecule is CCn1cnnc1-c1ccc(C)nc1C. The van der Waals surface area contributed by atoms with E-state index in [1.807, 2.05) is 30.5 Å². The maximum absolute atomic E-state index is 4.42. The Hall–Kier alpha value is -1.71. The minimum absolute atomic E-state index is 0.871. The van der Waals surface area contributed by atoms with Gasteiger partial charge in [0.15, 0.2) is 5.82 Å². The molecule has 2 aromatic rings. The predicted molar refractivity (Wildman–Crippen MR) is 58.4 cm³/mol. The third kappa shape index (κ3) is 1.75. The van der Waals surface area contributed by atoms with Gasteiger partial charge in [-0.05, 0) is 32.9 Å². The number of hydrogen-bond donors (Lipinski definition) is 0. The first-order chi connectivity index (χ1) is 7.22. The average molecular weight is 202 g/mol. The van der Waals surface area contributed by atoms with Gasteiger partial charge in [0.05, 0.1) is 0 Å². The number of aromatic nitrogens is 4. The average Bonchev–Trinajstić information content (AvgIpc) is 2.65. The van der Waals surface area contributed by atoms with E-state index in [2.05, 4.69) is 22.1 Å². The van der Waals surface area contributed by atoms with Crippen molar-refractivity contribution in [3.05, 3.63) is 29.8 Å². The van der Waals surface area contributed by atoms with Crippen molar-refractivity contribution in [2.45, 2.75) is 27.3 Å². The van der Waals surface area contributed by atoms with E-state index in [-0.39, 0.29) is 0 Å². The second-order valence-electron chi connectivity index (χ2n) is 3.53. The Morgan fingerprint density at radius 2 is 2.07 bits per heavy atom. The zero-order chi connectivity index (χ0) is 10.8. The molecule has 0 radical (unpaired) electrons. The Balaban J connectivity index is 2.54. The summed E-state index contributed by atoms with van der Waals surface area (Å²) in [5.41, 5.74) is 3.08. The van der Waals surface area contributed by atoms with E-state index in [1.54, 1.807) is 6.33 Å². The van der Waals surface area contributed by atoms with Crippen LogP contribution >= 0.6 is 0 Å². The maximum atomic E-state index is 4.42. The molecule has 0 unspecified atom stereocenters. The number of rotatable bonds is 2. The Morgan fingerprint density at radius 3 is 2.73 bits per heavy atom. The topological polar surface area (TPSA) is 43.6 Å². The molecular formula is C11H14N4. The molecule has 2 aromatic heterocycles. The molecule has 0 aliphatic rings. The van der Waals surface area contributed by atoms with Crippen LogP contribution < -0.4 is 0 Å². The molecule has 0 spiro atoms. The van der Waals surface area contributed by atoms with Crippen LogP contribution in [0.25, 0.3) is 11.4 Å². The fourth-order valence-electron chi connectivity index (χ4n) is 1.62. The summed E-state index contributed by atoms with van der Waals surface area (Å²) in [6.07, 6.45) is 1.74. The van der Waals surface area contributed by atoms with Crippen LogP contribution in [-0.4, -0.2) is 19.7 Å². The minimum Gasteiger partial charge on any atom is -0.314 e. The molecule has 0 fully saturated rings. The van der Waals surface area contributed by atoms with E-state index in [0.29, 0.717) is 0 Å². The van der Waals surface area contributed by atoms with Crippen LogP contribution in [0.2, 0.25) is 0 Å². The first kappa shape index (κ1) is 9.83. The first-order valence-electron chi connectivity index (χ1n) is 5.04. The number of hydrogen-bond acceptors (Lipinski definition) is 3. The summed E-state index contributed by atoms with van der Waals surface area (Å²) in [5.74, 6) is 0.891. The van der Waals surface area contributed by atoms with Gasteiger partial charge in [0.25, 0.3) is 0 Å². The van der Waals surface area contributed by atoms with Crippen molar-refractivity contribution in [1.82, 2.24) is 19.7 Å². The van der Waals surface area contributed by atoms with Gasteiger partial charge in [0, 0.05) is 23.5 Å². The molecule has 2 rings (SSSR count). The third-order valence-electron chi connectivity index (χ3n) is 2.42. The zero-order valence-corrected chi connectivity index (χ0v) is 9.23. The van der Waals surface area contributed by atoms with Crippen molar-refractivity contribution >= 4 is 0 Å². The number of pyridine rings is 1. The van der Waals surface area contributed by atoms with E-state index in [0.717, 1.165) is 29.3 Å². The normalized spacial score (nSPS) is 10.6. The Bertz CT molecular complexity index is 473. The summed E-state index contributed by atoms with van der Waals surface area (Å²) >= 11 is 0. The summed E-state index contributed by atoms with van der Waals surface area (Å²) in [6, 6.07) is 4.05. The van der Waals surface area contributed by atoms with Gasteiger partial charge in [-0.15, -0.1) is 10.2 Å². The molecule has 0 saturated carbocycles. The molecule has 0 amide bonds. The van der Waals surface area contributed by atoms with E-state index in [9.17, 15) is 0 Å². The smallest absolute Gasteiger partial charge is 0.165 e. The van der Waals surface area contributed by atoms with Crippen molar-refractivity contribution in [3.63, 3.8) is 0 Å².